The Bertz CT molecular complexity index is 1170. The number of fused-ring (bicyclic) bond motifs is 1. The first-order valence-electron chi connectivity index (χ1n) is 13.0. The molecule has 0 aliphatic carbocycles. The molecular formula is C28H39N3O6Si. The summed E-state index contributed by atoms with van der Waals surface area (Å²) in [7, 11) is 0.258. The lowest BCUT2D eigenvalue weighted by Crippen LogP contribution is -2.52. The number of nitrogens with zero attached hydrogens (tertiary/aromatic N) is 2. The number of imide groups is 1. The number of hydrogen-bond acceptors (Lipinski definition) is 7. The van der Waals surface area contributed by atoms with E-state index in [4.69, 9.17) is 14.2 Å². The fourth-order valence-corrected chi connectivity index (χ4v) is 5.55. The zero-order valence-electron chi connectivity index (χ0n) is 23.1. The van der Waals surface area contributed by atoms with Crippen molar-refractivity contribution in [2.45, 2.75) is 63.9 Å². The molecule has 2 atom stereocenters. The number of amides is 3. The molecule has 0 spiro atoms. The molecule has 2 aliphatic heterocycles. The Hall–Kier alpha value is -2.92. The number of methoxy groups -OCH3 is 1. The Kier molecular flexibility index (Phi) is 8.17. The van der Waals surface area contributed by atoms with E-state index in [9.17, 15) is 14.7 Å². The van der Waals surface area contributed by atoms with Gasteiger partial charge in [-0.1, -0.05) is 37.8 Å². The van der Waals surface area contributed by atoms with Crippen LogP contribution in [-0.2, 0) is 21.6 Å². The lowest BCUT2D eigenvalue weighted by atomic mass is 9.88. The van der Waals surface area contributed by atoms with Gasteiger partial charge in [0.2, 0.25) is 0 Å². The number of rotatable bonds is 11. The Labute approximate surface area is 225 Å². The highest BCUT2D eigenvalue weighted by Gasteiger charge is 2.54. The van der Waals surface area contributed by atoms with Crippen LogP contribution in [0.15, 0.2) is 42.5 Å². The van der Waals surface area contributed by atoms with E-state index in [0.29, 0.717) is 30.2 Å². The molecule has 1 unspecified atom stereocenters. The average molecular weight is 542 g/mol. The summed E-state index contributed by atoms with van der Waals surface area (Å²) in [5, 5.41) is 14.1. The number of benzene rings is 2. The van der Waals surface area contributed by atoms with Gasteiger partial charge in [-0.25, -0.2) is 9.69 Å². The Morgan fingerprint density at radius 1 is 1.11 bits per heavy atom. The molecule has 2 aliphatic rings. The van der Waals surface area contributed by atoms with Crippen LogP contribution in [-0.4, -0.2) is 68.0 Å². The van der Waals surface area contributed by atoms with Gasteiger partial charge in [0.15, 0.2) is 5.54 Å². The van der Waals surface area contributed by atoms with Crippen molar-refractivity contribution in [1.29, 1.82) is 0 Å². The van der Waals surface area contributed by atoms with Crippen molar-refractivity contribution in [2.75, 3.05) is 27.0 Å². The third kappa shape index (κ3) is 5.88. The van der Waals surface area contributed by atoms with Gasteiger partial charge in [-0.3, -0.25) is 9.69 Å². The third-order valence-corrected chi connectivity index (χ3v) is 8.61. The maximum absolute atomic E-state index is 14.0. The summed E-state index contributed by atoms with van der Waals surface area (Å²) in [4.78, 5) is 30.0. The van der Waals surface area contributed by atoms with Crippen LogP contribution in [0.5, 0.6) is 11.5 Å². The van der Waals surface area contributed by atoms with Crippen LogP contribution in [0.3, 0.4) is 0 Å². The fourth-order valence-electron chi connectivity index (χ4n) is 4.80. The number of carbonyl (C=O) groups is 2. The summed E-state index contributed by atoms with van der Waals surface area (Å²) in [6, 6.07) is 13.2. The zero-order valence-corrected chi connectivity index (χ0v) is 24.1. The zero-order chi connectivity index (χ0) is 27.7. The van der Waals surface area contributed by atoms with Crippen molar-refractivity contribution in [3.05, 3.63) is 59.2 Å². The molecule has 2 N–H and O–H groups in total. The van der Waals surface area contributed by atoms with Gasteiger partial charge in [0.25, 0.3) is 5.91 Å². The second-order valence-electron chi connectivity index (χ2n) is 11.5. The van der Waals surface area contributed by atoms with Crippen LogP contribution in [0.1, 0.15) is 36.8 Å². The normalized spacial score (nSPS) is 21.7. The summed E-state index contributed by atoms with van der Waals surface area (Å²) < 4.78 is 16.9. The quantitative estimate of drug-likeness (QED) is 0.252. The lowest BCUT2D eigenvalue weighted by molar-refractivity contribution is -0.137. The van der Waals surface area contributed by atoms with Crippen LogP contribution >= 0.6 is 0 Å². The van der Waals surface area contributed by atoms with Crippen LogP contribution in [0.4, 0.5) is 4.79 Å². The van der Waals surface area contributed by atoms with Gasteiger partial charge in [-0.2, -0.15) is 0 Å². The van der Waals surface area contributed by atoms with Crippen molar-refractivity contribution in [2.24, 2.45) is 0 Å². The predicted molar refractivity (Wildman–Crippen MR) is 147 cm³/mol. The van der Waals surface area contributed by atoms with Crippen LogP contribution in [0.25, 0.3) is 0 Å². The van der Waals surface area contributed by atoms with Crippen molar-refractivity contribution < 1.29 is 28.9 Å². The van der Waals surface area contributed by atoms with E-state index in [1.54, 1.807) is 42.3 Å². The predicted octanol–water partition coefficient (Wildman–Crippen LogP) is 4.05. The van der Waals surface area contributed by atoms with Gasteiger partial charge >= 0.3 is 6.03 Å². The minimum atomic E-state index is -1.40. The summed E-state index contributed by atoms with van der Waals surface area (Å²) >= 11 is 0. The molecule has 4 rings (SSSR count). The summed E-state index contributed by atoms with van der Waals surface area (Å²) in [5.41, 5.74) is 0.876. The highest BCUT2D eigenvalue weighted by Crippen LogP contribution is 2.39. The molecule has 2 heterocycles. The van der Waals surface area contributed by atoms with Crippen molar-refractivity contribution >= 4 is 20.0 Å². The molecular weight excluding hydrogens is 502 g/mol. The van der Waals surface area contributed by atoms with E-state index in [1.807, 2.05) is 26.0 Å². The van der Waals surface area contributed by atoms with E-state index in [2.05, 4.69) is 25.0 Å². The number of ether oxygens (including phenoxy) is 3. The van der Waals surface area contributed by atoms with E-state index >= 15 is 0 Å². The Morgan fingerprint density at radius 3 is 2.42 bits per heavy atom. The minimum absolute atomic E-state index is 0.00154. The second-order valence-corrected chi connectivity index (χ2v) is 17.1. The van der Waals surface area contributed by atoms with Crippen molar-refractivity contribution in [3.8, 4) is 11.5 Å². The van der Waals surface area contributed by atoms with E-state index in [0.717, 1.165) is 22.1 Å². The van der Waals surface area contributed by atoms with Crippen molar-refractivity contribution in [1.82, 2.24) is 15.1 Å². The second kappa shape index (κ2) is 11.1. The largest absolute Gasteiger partial charge is 0.497 e. The van der Waals surface area contributed by atoms with E-state index in [-0.39, 0.29) is 19.4 Å². The molecule has 3 amide bonds. The van der Waals surface area contributed by atoms with Gasteiger partial charge in [0.1, 0.15) is 24.5 Å². The number of carbonyl (C=O) groups excluding carboxylic acids is 2. The molecule has 0 saturated carbocycles. The van der Waals surface area contributed by atoms with Gasteiger partial charge in [0, 0.05) is 33.3 Å². The molecule has 0 bridgehead atoms. The first-order chi connectivity index (χ1) is 17.9. The van der Waals surface area contributed by atoms with E-state index < -0.39 is 31.8 Å². The Morgan fingerprint density at radius 2 is 1.79 bits per heavy atom. The van der Waals surface area contributed by atoms with Crippen LogP contribution in [0, 0.1) is 0 Å². The topological polar surface area (TPSA) is 101 Å². The number of hydrogen-bond donors (Lipinski definition) is 2. The molecule has 0 aromatic heterocycles. The average Bonchev–Trinajstić information content (AvgIpc) is 3.29. The van der Waals surface area contributed by atoms with E-state index in [1.165, 1.54) is 0 Å². The number of urea groups is 1. The lowest BCUT2D eigenvalue weighted by Gasteiger charge is -2.33. The number of aliphatic hydroxyl groups is 1. The standard InChI is InChI=1S/C28H39N3O6Si/c1-19(2)37-22-11-8-21(9-12-22)28(17-30-16-20-7-10-23(35-3)15-24(20)25(30)32)26(33)31(27(34)29-28)18-36-13-14-38(4,5)6/h7-12,15,19,25,32H,13-14,16-18H2,1-6H3,(H,29,34)/t25?,28-/m0/s1. The Balaban J connectivity index is 1.61. The fraction of sp³-hybridized carbons (Fsp3) is 0.500. The smallest absolute Gasteiger partial charge is 0.327 e. The molecule has 206 valence electrons. The summed E-state index contributed by atoms with van der Waals surface area (Å²) in [6.07, 6.45) is -0.950. The molecule has 2 aromatic carbocycles. The third-order valence-electron chi connectivity index (χ3n) is 6.90. The molecule has 38 heavy (non-hydrogen) atoms. The maximum Gasteiger partial charge on any atom is 0.327 e. The van der Waals surface area contributed by atoms with Gasteiger partial charge in [0.05, 0.1) is 13.2 Å². The SMILES string of the molecule is COc1ccc2c(c1)C(O)N(C[C@@]1(c3ccc(OC(C)C)cc3)NC(=O)N(COCC[Si](C)(C)C)C1=O)C2. The highest BCUT2D eigenvalue weighted by molar-refractivity contribution is 6.76. The van der Waals surface area contributed by atoms with Crippen LogP contribution < -0.4 is 14.8 Å². The highest BCUT2D eigenvalue weighted by atomic mass is 28.3. The monoisotopic (exact) mass is 541 g/mol. The first kappa shape index (κ1) is 28.1. The molecule has 10 heteroatoms. The van der Waals surface area contributed by atoms with Gasteiger partial charge < -0.3 is 24.6 Å². The minimum Gasteiger partial charge on any atom is -0.497 e. The molecule has 0 radical (unpaired) electrons. The van der Waals surface area contributed by atoms with Gasteiger partial charge in [-0.15, -0.1) is 0 Å². The van der Waals surface area contributed by atoms with Gasteiger partial charge in [-0.05, 0) is 55.3 Å². The molecule has 2 aromatic rings. The van der Waals surface area contributed by atoms with Crippen molar-refractivity contribution in [3.63, 3.8) is 0 Å². The number of nitrogens with one attached hydrogen (secondary N) is 1. The van der Waals surface area contributed by atoms with Crippen LogP contribution in [0.2, 0.25) is 25.7 Å². The molecule has 1 fully saturated rings. The summed E-state index contributed by atoms with van der Waals surface area (Å²) in [5.74, 6) is 0.906. The maximum atomic E-state index is 14.0. The number of aliphatic hydroxyl groups excluding tert-OH is 1. The molecule has 9 nitrogen and oxygen atoms in total. The first-order valence-corrected chi connectivity index (χ1v) is 16.7. The summed E-state index contributed by atoms with van der Waals surface area (Å²) in [6.45, 7) is 11.5. The molecule has 1 saturated heterocycles.